The fourth-order valence-corrected chi connectivity index (χ4v) is 2.53. The zero-order valence-corrected chi connectivity index (χ0v) is 15.9. The number of allylic oxidation sites excluding steroid dienone is 1. The second-order valence-electron chi connectivity index (χ2n) is 5.98. The van der Waals surface area contributed by atoms with E-state index in [2.05, 4.69) is 4.74 Å². The van der Waals surface area contributed by atoms with Crippen LogP contribution >= 0.6 is 0 Å². The monoisotopic (exact) mass is 554 g/mol. The van der Waals surface area contributed by atoms with E-state index in [-0.39, 0.29) is 6.07 Å². The molecule has 0 heterocycles. The van der Waals surface area contributed by atoms with Crippen LogP contribution in [-0.4, -0.2) is 48.8 Å². The minimum atomic E-state index is -8.40. The van der Waals surface area contributed by atoms with Crippen molar-refractivity contribution in [1.29, 1.82) is 0 Å². The Labute approximate surface area is 177 Å². The Morgan fingerprint density at radius 1 is 0.706 bits per heavy atom. The van der Waals surface area contributed by atoms with Gasteiger partial charge in [-0.3, -0.25) is 4.55 Å². The van der Waals surface area contributed by atoms with Gasteiger partial charge in [-0.1, -0.05) is 12.1 Å². The van der Waals surface area contributed by atoms with Gasteiger partial charge in [0.2, 0.25) is 5.83 Å². The summed E-state index contributed by atoms with van der Waals surface area (Å²) in [5.74, 6) is -46.8. The van der Waals surface area contributed by atoms with Gasteiger partial charge in [0.15, 0.2) is 5.75 Å². The molecule has 0 bridgehead atoms. The Hall–Kier alpha value is -2.38. The molecular weight excluding hydrogens is 549 g/mol. The first-order valence-corrected chi connectivity index (χ1v) is 8.98. The fraction of sp³-hybridized carbons (Fsp3) is 0.429. The van der Waals surface area contributed by atoms with Gasteiger partial charge in [0, 0.05) is 0 Å². The lowest BCUT2D eigenvalue weighted by atomic mass is 9.93. The van der Waals surface area contributed by atoms with Crippen molar-refractivity contribution in [3.63, 3.8) is 0 Å². The summed E-state index contributed by atoms with van der Waals surface area (Å²) in [4.78, 5) is -1.56. The van der Waals surface area contributed by atoms with Gasteiger partial charge in [0.05, 0.1) is 0 Å². The quantitative estimate of drug-likeness (QED) is 0.238. The molecule has 0 fully saturated rings. The zero-order chi connectivity index (χ0) is 27.3. The number of rotatable bonds is 8. The van der Waals surface area contributed by atoms with Crippen LogP contribution in [0, 0.1) is 0 Å². The van der Waals surface area contributed by atoms with Crippen molar-refractivity contribution >= 4 is 10.1 Å². The van der Waals surface area contributed by atoms with Crippen molar-refractivity contribution in [2.75, 3.05) is 0 Å². The van der Waals surface area contributed by atoms with Crippen molar-refractivity contribution in [3.8, 4) is 5.75 Å². The molecule has 0 spiro atoms. The van der Waals surface area contributed by atoms with E-state index < -0.39 is 68.4 Å². The standard InChI is InChI=1S/C14H5F15O4S/c15-7(8(16)33-5-3-1-2-4-6(5)34(30,31)32)9(17,18)10(19,20)11(21,22)12(23,24)13(25,26)14(27,28)29/h1-4H,(H,30,31,32). The topological polar surface area (TPSA) is 63.6 Å². The first kappa shape index (κ1) is 29.7. The summed E-state index contributed by atoms with van der Waals surface area (Å²) >= 11 is 0. The third-order valence-corrected chi connectivity index (χ3v) is 4.60. The first-order chi connectivity index (χ1) is 14.8. The molecule has 1 rings (SSSR count). The maximum Gasteiger partial charge on any atom is 0.460 e. The number of benzene rings is 1. The summed E-state index contributed by atoms with van der Waals surface area (Å²) in [5, 5.41) is 0. The predicted molar refractivity (Wildman–Crippen MR) is 76.9 cm³/mol. The molecule has 1 N–H and O–H groups in total. The van der Waals surface area contributed by atoms with Gasteiger partial charge in [-0.15, -0.1) is 0 Å². The Morgan fingerprint density at radius 3 is 1.53 bits per heavy atom. The van der Waals surface area contributed by atoms with Crippen LogP contribution in [0.1, 0.15) is 0 Å². The van der Waals surface area contributed by atoms with E-state index in [1.165, 1.54) is 0 Å². The second kappa shape index (κ2) is 8.38. The Morgan fingerprint density at radius 2 is 1.12 bits per heavy atom. The maximum atomic E-state index is 13.6. The summed E-state index contributed by atoms with van der Waals surface area (Å²) in [7, 11) is -5.42. The van der Waals surface area contributed by atoms with Crippen LogP contribution in [0.15, 0.2) is 41.0 Å². The Bertz CT molecular complexity index is 1060. The molecule has 1 aromatic rings. The van der Waals surface area contributed by atoms with E-state index in [0.717, 1.165) is 6.07 Å². The SMILES string of the molecule is O=S(=O)(O)c1ccccc1OC(F)=C(F)C(F)(F)C(F)(F)C(F)(F)C(F)(F)C(F)(F)C(F)(F)F. The van der Waals surface area contributed by atoms with Gasteiger partial charge in [0.25, 0.3) is 10.1 Å². The number of hydrogen-bond acceptors (Lipinski definition) is 3. The summed E-state index contributed by atoms with van der Waals surface area (Å²) in [6, 6.07) is -1.80. The molecule has 0 unspecified atom stereocenters. The van der Waals surface area contributed by atoms with Crippen molar-refractivity contribution in [3.05, 3.63) is 36.1 Å². The molecule has 0 saturated heterocycles. The van der Waals surface area contributed by atoms with E-state index in [9.17, 15) is 74.3 Å². The minimum absolute atomic E-state index is 0.235. The lowest BCUT2D eigenvalue weighted by Crippen LogP contribution is -2.70. The number of ether oxygens (including phenoxy) is 1. The molecule has 196 valence electrons. The average Bonchev–Trinajstić information content (AvgIpc) is 2.65. The van der Waals surface area contributed by atoms with Crippen LogP contribution in [0.4, 0.5) is 65.9 Å². The summed E-state index contributed by atoms with van der Waals surface area (Å²) in [6.07, 6.45) is -7.70. The minimum Gasteiger partial charge on any atom is -0.428 e. The van der Waals surface area contributed by atoms with Gasteiger partial charge in [0.1, 0.15) is 4.90 Å². The van der Waals surface area contributed by atoms with Crippen LogP contribution in [0.3, 0.4) is 0 Å². The molecule has 0 amide bonds. The van der Waals surface area contributed by atoms with E-state index in [1.807, 2.05) is 0 Å². The van der Waals surface area contributed by atoms with Crippen molar-refractivity contribution in [2.24, 2.45) is 0 Å². The van der Waals surface area contributed by atoms with Crippen LogP contribution < -0.4 is 4.74 Å². The Kier molecular flexibility index (Phi) is 7.31. The highest BCUT2D eigenvalue weighted by molar-refractivity contribution is 7.86. The van der Waals surface area contributed by atoms with Gasteiger partial charge in [-0.2, -0.15) is 74.3 Å². The normalized spacial score (nSPS) is 15.8. The molecule has 0 aromatic heterocycles. The van der Waals surface area contributed by atoms with Crippen LogP contribution in [0.25, 0.3) is 0 Å². The van der Waals surface area contributed by atoms with E-state index in [4.69, 9.17) is 4.55 Å². The number of halogens is 15. The highest BCUT2D eigenvalue weighted by Crippen LogP contribution is 2.61. The predicted octanol–water partition coefficient (Wildman–Crippen LogP) is 6.16. The molecule has 0 aliphatic rings. The highest BCUT2D eigenvalue weighted by Gasteiger charge is 2.91. The van der Waals surface area contributed by atoms with Crippen molar-refractivity contribution < 1.29 is 83.6 Å². The molecule has 0 saturated carbocycles. The molecular formula is C14H5F15O4S. The lowest BCUT2D eigenvalue weighted by Gasteiger charge is -2.39. The molecule has 0 atom stereocenters. The summed E-state index contributed by atoms with van der Waals surface area (Å²) in [6.45, 7) is 0. The maximum absolute atomic E-state index is 13.6. The van der Waals surface area contributed by atoms with Crippen LogP contribution in [0.5, 0.6) is 5.75 Å². The van der Waals surface area contributed by atoms with Gasteiger partial charge in [-0.25, -0.2) is 0 Å². The number of para-hydroxylation sites is 1. The van der Waals surface area contributed by atoms with Crippen LogP contribution in [0.2, 0.25) is 0 Å². The lowest BCUT2D eigenvalue weighted by molar-refractivity contribution is -0.437. The largest absolute Gasteiger partial charge is 0.460 e. The second-order valence-corrected chi connectivity index (χ2v) is 7.37. The molecule has 0 radical (unpaired) electrons. The molecule has 0 aliphatic heterocycles. The van der Waals surface area contributed by atoms with E-state index in [1.54, 1.807) is 0 Å². The molecule has 4 nitrogen and oxygen atoms in total. The zero-order valence-electron chi connectivity index (χ0n) is 15.1. The van der Waals surface area contributed by atoms with E-state index in [0.29, 0.717) is 12.1 Å². The van der Waals surface area contributed by atoms with Gasteiger partial charge in [-0.05, 0) is 12.1 Å². The third-order valence-electron chi connectivity index (χ3n) is 3.71. The molecule has 0 aliphatic carbocycles. The fourth-order valence-electron chi connectivity index (χ4n) is 1.92. The molecule has 1 aromatic carbocycles. The number of hydrogen-bond donors (Lipinski definition) is 1. The molecule has 20 heteroatoms. The smallest absolute Gasteiger partial charge is 0.428 e. The summed E-state index contributed by atoms with van der Waals surface area (Å²) in [5.41, 5.74) is 0. The van der Waals surface area contributed by atoms with E-state index >= 15 is 0 Å². The number of alkyl halides is 13. The van der Waals surface area contributed by atoms with Gasteiger partial charge >= 0.3 is 41.8 Å². The van der Waals surface area contributed by atoms with Crippen molar-refractivity contribution in [2.45, 2.75) is 40.7 Å². The third kappa shape index (κ3) is 4.48. The average molecular weight is 554 g/mol. The first-order valence-electron chi connectivity index (χ1n) is 7.54. The highest BCUT2D eigenvalue weighted by atomic mass is 32.2. The van der Waals surface area contributed by atoms with Crippen LogP contribution in [-0.2, 0) is 10.1 Å². The summed E-state index contributed by atoms with van der Waals surface area (Å²) < 4.78 is 230. The molecule has 34 heavy (non-hydrogen) atoms. The van der Waals surface area contributed by atoms with Crippen molar-refractivity contribution in [1.82, 2.24) is 0 Å². The Balaban J connectivity index is 3.62. The van der Waals surface area contributed by atoms with Gasteiger partial charge < -0.3 is 4.74 Å².